The Labute approximate surface area is 195 Å². The molecule has 0 bridgehead atoms. The number of amides is 1. The lowest BCUT2D eigenvalue weighted by molar-refractivity contribution is -0.136. The molecule has 0 fully saturated rings. The van der Waals surface area contributed by atoms with Crippen LogP contribution in [0, 0.1) is 6.92 Å². The maximum atomic E-state index is 13.4. The van der Waals surface area contributed by atoms with Crippen molar-refractivity contribution in [2.24, 2.45) is 0 Å². The lowest BCUT2D eigenvalue weighted by Gasteiger charge is -2.18. The summed E-state index contributed by atoms with van der Waals surface area (Å²) in [5.41, 5.74) is 4.01. The van der Waals surface area contributed by atoms with Crippen molar-refractivity contribution in [3.05, 3.63) is 76.0 Å². The number of nitrogens with zero attached hydrogens (tertiary/aromatic N) is 1. The molecule has 0 radical (unpaired) electrons. The van der Waals surface area contributed by atoms with Crippen LogP contribution in [-0.2, 0) is 20.9 Å². The molecule has 0 saturated heterocycles. The number of aryl methyl sites for hydroxylation is 1. The minimum Gasteiger partial charge on any atom is -0.490 e. The standard InChI is InChI=1S/C27H31NO5/c1-6-14-33-23-13-12-21(16-24(23)32-7-2)15-22-25(27(30)31-5)19(4)28(26(22)29)17-20-10-8-18(3)9-11-20/h8-13,15-16H,6-7,14,17H2,1-5H3/b22-15-. The Bertz CT molecular complexity index is 1080. The Kier molecular flexibility index (Phi) is 7.93. The van der Waals surface area contributed by atoms with Gasteiger partial charge in [0.1, 0.15) is 0 Å². The second kappa shape index (κ2) is 10.9. The molecule has 0 atom stereocenters. The number of methoxy groups -OCH3 is 1. The van der Waals surface area contributed by atoms with E-state index in [4.69, 9.17) is 14.2 Å². The number of benzene rings is 2. The molecule has 0 saturated carbocycles. The number of carbonyl (C=O) groups is 2. The lowest BCUT2D eigenvalue weighted by atomic mass is 10.0. The fourth-order valence-corrected chi connectivity index (χ4v) is 3.68. The predicted octanol–water partition coefficient (Wildman–Crippen LogP) is 5.06. The molecule has 1 amide bonds. The lowest BCUT2D eigenvalue weighted by Crippen LogP contribution is -2.24. The maximum absolute atomic E-state index is 13.4. The van der Waals surface area contributed by atoms with E-state index in [1.807, 2.05) is 63.2 Å². The van der Waals surface area contributed by atoms with Gasteiger partial charge in [-0.15, -0.1) is 0 Å². The molecule has 33 heavy (non-hydrogen) atoms. The Morgan fingerprint density at radius 2 is 1.73 bits per heavy atom. The third-order valence-corrected chi connectivity index (χ3v) is 5.40. The van der Waals surface area contributed by atoms with Crippen LogP contribution in [0.2, 0.25) is 0 Å². The normalized spacial score (nSPS) is 14.8. The van der Waals surface area contributed by atoms with E-state index in [-0.39, 0.29) is 11.5 Å². The van der Waals surface area contributed by atoms with Crippen LogP contribution in [-0.4, -0.2) is 37.1 Å². The quantitative estimate of drug-likeness (QED) is 0.396. The first kappa shape index (κ1) is 24.1. The number of hydrogen-bond donors (Lipinski definition) is 0. The van der Waals surface area contributed by atoms with E-state index in [0.717, 1.165) is 23.1 Å². The summed E-state index contributed by atoms with van der Waals surface area (Å²) >= 11 is 0. The van der Waals surface area contributed by atoms with E-state index in [1.165, 1.54) is 7.11 Å². The van der Waals surface area contributed by atoms with E-state index in [2.05, 4.69) is 0 Å². The average molecular weight is 450 g/mol. The minimum absolute atomic E-state index is 0.238. The first-order valence-electron chi connectivity index (χ1n) is 11.2. The predicted molar refractivity (Wildman–Crippen MR) is 128 cm³/mol. The largest absolute Gasteiger partial charge is 0.490 e. The zero-order valence-electron chi connectivity index (χ0n) is 19.9. The summed E-state index contributed by atoms with van der Waals surface area (Å²) < 4.78 is 16.5. The summed E-state index contributed by atoms with van der Waals surface area (Å²) in [7, 11) is 1.32. The number of esters is 1. The van der Waals surface area contributed by atoms with Crippen LogP contribution in [0.1, 0.15) is 43.9 Å². The fourth-order valence-electron chi connectivity index (χ4n) is 3.68. The fraction of sp³-hybridized carbons (Fsp3) is 0.333. The Morgan fingerprint density at radius 1 is 1.00 bits per heavy atom. The molecule has 3 rings (SSSR count). The Morgan fingerprint density at radius 3 is 2.36 bits per heavy atom. The number of ether oxygens (including phenoxy) is 3. The van der Waals surface area contributed by atoms with Gasteiger partial charge in [-0.1, -0.05) is 42.8 Å². The van der Waals surface area contributed by atoms with Crippen LogP contribution in [0.3, 0.4) is 0 Å². The van der Waals surface area contributed by atoms with E-state index < -0.39 is 5.97 Å². The number of carbonyl (C=O) groups excluding carboxylic acids is 2. The second-order valence-corrected chi connectivity index (χ2v) is 7.87. The monoisotopic (exact) mass is 449 g/mol. The number of rotatable bonds is 9. The van der Waals surface area contributed by atoms with Gasteiger partial charge in [0.05, 0.1) is 38.0 Å². The average Bonchev–Trinajstić information content (AvgIpc) is 3.04. The smallest absolute Gasteiger partial charge is 0.340 e. The summed E-state index contributed by atoms with van der Waals surface area (Å²) in [6.07, 6.45) is 2.59. The summed E-state index contributed by atoms with van der Waals surface area (Å²) in [4.78, 5) is 27.6. The van der Waals surface area contributed by atoms with Crippen LogP contribution in [0.15, 0.2) is 59.3 Å². The van der Waals surface area contributed by atoms with E-state index in [9.17, 15) is 9.59 Å². The van der Waals surface area contributed by atoms with Crippen LogP contribution >= 0.6 is 0 Å². The zero-order chi connectivity index (χ0) is 24.0. The highest BCUT2D eigenvalue weighted by Crippen LogP contribution is 2.35. The van der Waals surface area contributed by atoms with Gasteiger partial charge in [-0.2, -0.15) is 0 Å². The van der Waals surface area contributed by atoms with Gasteiger partial charge in [0, 0.05) is 5.70 Å². The van der Waals surface area contributed by atoms with Gasteiger partial charge in [-0.25, -0.2) is 4.79 Å². The topological polar surface area (TPSA) is 65.1 Å². The molecule has 0 unspecified atom stereocenters. The summed E-state index contributed by atoms with van der Waals surface area (Å²) in [5, 5.41) is 0. The highest BCUT2D eigenvalue weighted by molar-refractivity contribution is 6.16. The third kappa shape index (κ3) is 5.45. The first-order valence-corrected chi connectivity index (χ1v) is 11.2. The van der Waals surface area contributed by atoms with Crippen molar-refractivity contribution in [1.82, 2.24) is 4.90 Å². The van der Waals surface area contributed by atoms with Gasteiger partial charge < -0.3 is 19.1 Å². The van der Waals surface area contributed by atoms with E-state index >= 15 is 0 Å². The number of hydrogen-bond acceptors (Lipinski definition) is 5. The maximum Gasteiger partial charge on any atom is 0.340 e. The highest BCUT2D eigenvalue weighted by Gasteiger charge is 2.37. The highest BCUT2D eigenvalue weighted by atomic mass is 16.5. The second-order valence-electron chi connectivity index (χ2n) is 7.87. The van der Waals surface area contributed by atoms with Gasteiger partial charge in [-0.3, -0.25) is 4.79 Å². The molecular weight excluding hydrogens is 418 g/mol. The van der Waals surface area contributed by atoms with E-state index in [0.29, 0.717) is 42.5 Å². The molecule has 0 spiro atoms. The third-order valence-electron chi connectivity index (χ3n) is 5.40. The minimum atomic E-state index is -0.536. The molecular formula is C27H31NO5. The van der Waals surface area contributed by atoms with Crippen molar-refractivity contribution < 1.29 is 23.8 Å². The first-order chi connectivity index (χ1) is 15.9. The molecule has 0 aromatic heterocycles. The Balaban J connectivity index is 1.99. The van der Waals surface area contributed by atoms with Gasteiger partial charge >= 0.3 is 5.97 Å². The molecule has 174 valence electrons. The molecule has 1 aliphatic heterocycles. The van der Waals surface area contributed by atoms with Crippen molar-refractivity contribution in [1.29, 1.82) is 0 Å². The molecule has 0 N–H and O–H groups in total. The van der Waals surface area contributed by atoms with Crippen molar-refractivity contribution in [2.75, 3.05) is 20.3 Å². The molecule has 2 aromatic carbocycles. The summed E-state index contributed by atoms with van der Waals surface area (Å²) in [6.45, 7) is 9.17. The van der Waals surface area contributed by atoms with Crippen LogP contribution < -0.4 is 9.47 Å². The zero-order valence-corrected chi connectivity index (χ0v) is 19.9. The van der Waals surface area contributed by atoms with Gasteiger partial charge in [-0.05, 0) is 56.5 Å². The van der Waals surface area contributed by atoms with Gasteiger partial charge in [0.2, 0.25) is 0 Å². The molecule has 6 nitrogen and oxygen atoms in total. The van der Waals surface area contributed by atoms with Crippen LogP contribution in [0.25, 0.3) is 6.08 Å². The SMILES string of the molecule is CCCOc1ccc(/C=C2\C(=O)N(Cc3ccc(C)cc3)C(C)=C2C(=O)OC)cc1OCC. The van der Waals surface area contributed by atoms with E-state index in [1.54, 1.807) is 17.9 Å². The van der Waals surface area contributed by atoms with Crippen molar-refractivity contribution in [2.45, 2.75) is 40.7 Å². The van der Waals surface area contributed by atoms with Crippen LogP contribution in [0.4, 0.5) is 0 Å². The summed E-state index contributed by atoms with van der Waals surface area (Å²) in [5.74, 6) is 0.478. The molecule has 6 heteroatoms. The van der Waals surface area contributed by atoms with Crippen molar-refractivity contribution >= 4 is 18.0 Å². The Hall–Kier alpha value is -3.54. The molecule has 1 heterocycles. The summed E-state index contributed by atoms with van der Waals surface area (Å²) in [6, 6.07) is 13.5. The van der Waals surface area contributed by atoms with Gasteiger partial charge in [0.15, 0.2) is 11.5 Å². The molecule has 0 aliphatic carbocycles. The van der Waals surface area contributed by atoms with Crippen molar-refractivity contribution in [3.8, 4) is 11.5 Å². The van der Waals surface area contributed by atoms with Crippen LogP contribution in [0.5, 0.6) is 11.5 Å². The number of allylic oxidation sites excluding steroid dienone is 1. The van der Waals surface area contributed by atoms with Gasteiger partial charge in [0.25, 0.3) is 5.91 Å². The van der Waals surface area contributed by atoms with Crippen molar-refractivity contribution in [3.63, 3.8) is 0 Å². The molecule has 2 aromatic rings. The molecule has 1 aliphatic rings.